The lowest BCUT2D eigenvalue weighted by Gasteiger charge is -2.20. The van der Waals surface area contributed by atoms with Gasteiger partial charge in [-0.15, -0.1) is 10.2 Å². The molecule has 1 heterocycles. The van der Waals surface area contributed by atoms with Crippen molar-refractivity contribution >= 4 is 11.8 Å². The zero-order chi connectivity index (χ0) is 15.4. The first-order valence-corrected chi connectivity index (χ1v) is 8.58. The minimum atomic E-state index is 0.454. The molecule has 6 heteroatoms. The predicted octanol–water partition coefficient (Wildman–Crippen LogP) is 3.20. The summed E-state index contributed by atoms with van der Waals surface area (Å²) >= 11 is 1.58. The van der Waals surface area contributed by atoms with E-state index in [1.807, 2.05) is 24.3 Å². The first kappa shape index (κ1) is 14.9. The van der Waals surface area contributed by atoms with E-state index in [0.29, 0.717) is 11.5 Å². The Balaban J connectivity index is 1.65. The van der Waals surface area contributed by atoms with Crippen molar-refractivity contribution in [3.63, 3.8) is 0 Å². The van der Waals surface area contributed by atoms with Gasteiger partial charge in [0, 0.05) is 11.7 Å². The number of nitrogen functional groups attached to an aromatic ring is 1. The van der Waals surface area contributed by atoms with Crippen molar-refractivity contribution in [1.82, 2.24) is 14.9 Å². The Bertz CT molecular complexity index is 665. The number of benzene rings is 1. The first-order valence-electron chi connectivity index (χ1n) is 7.60. The van der Waals surface area contributed by atoms with Crippen molar-refractivity contribution in [2.24, 2.45) is 0 Å². The number of nitrogens with two attached hydrogens (primary N) is 1. The molecule has 0 unspecified atom stereocenters. The number of hydrogen-bond acceptors (Lipinski definition) is 5. The summed E-state index contributed by atoms with van der Waals surface area (Å²) in [5, 5.41) is 18.1. The Morgan fingerprint density at radius 1 is 1.18 bits per heavy atom. The summed E-state index contributed by atoms with van der Waals surface area (Å²) in [4.78, 5) is 0. The maximum Gasteiger partial charge on any atom is 0.210 e. The molecule has 2 N–H and O–H groups in total. The third-order valence-corrected chi connectivity index (χ3v) is 5.13. The van der Waals surface area contributed by atoms with E-state index >= 15 is 0 Å². The summed E-state index contributed by atoms with van der Waals surface area (Å²) in [7, 11) is 0. The molecule has 0 spiro atoms. The fourth-order valence-electron chi connectivity index (χ4n) is 2.85. The van der Waals surface area contributed by atoms with Crippen LogP contribution >= 0.6 is 11.8 Å². The van der Waals surface area contributed by atoms with Gasteiger partial charge in [-0.3, -0.25) is 0 Å². The molecule has 1 aromatic carbocycles. The van der Waals surface area contributed by atoms with Crippen LogP contribution in [0.15, 0.2) is 29.4 Å². The van der Waals surface area contributed by atoms with Gasteiger partial charge in [-0.05, 0) is 30.5 Å². The van der Waals surface area contributed by atoms with Crippen LogP contribution in [0.1, 0.15) is 55.0 Å². The van der Waals surface area contributed by atoms with Crippen molar-refractivity contribution in [3.8, 4) is 6.07 Å². The smallest absolute Gasteiger partial charge is 0.210 e. The lowest BCUT2D eigenvalue weighted by Crippen LogP contribution is -2.18. The highest BCUT2D eigenvalue weighted by Gasteiger charge is 2.22. The summed E-state index contributed by atoms with van der Waals surface area (Å²) in [5.41, 5.74) is 1.82. The first-order chi connectivity index (χ1) is 10.8. The van der Waals surface area contributed by atoms with Gasteiger partial charge in [0.25, 0.3) is 0 Å². The highest BCUT2D eigenvalue weighted by atomic mass is 32.2. The van der Waals surface area contributed by atoms with E-state index in [0.717, 1.165) is 35.1 Å². The quantitative estimate of drug-likeness (QED) is 0.692. The van der Waals surface area contributed by atoms with Gasteiger partial charge in [0.2, 0.25) is 5.16 Å². The molecule has 5 nitrogen and oxygen atoms in total. The molecule has 1 aliphatic rings. The van der Waals surface area contributed by atoms with Crippen molar-refractivity contribution < 1.29 is 0 Å². The fourth-order valence-corrected chi connectivity index (χ4v) is 3.67. The van der Waals surface area contributed by atoms with E-state index < -0.39 is 0 Å². The van der Waals surface area contributed by atoms with Gasteiger partial charge in [-0.1, -0.05) is 43.2 Å². The second-order valence-electron chi connectivity index (χ2n) is 5.64. The molecule has 3 rings (SSSR count). The molecule has 1 aliphatic carbocycles. The largest absolute Gasteiger partial charge is 0.336 e. The summed E-state index contributed by atoms with van der Waals surface area (Å²) < 4.78 is 1.66. The zero-order valence-corrected chi connectivity index (χ0v) is 13.2. The Morgan fingerprint density at radius 2 is 1.91 bits per heavy atom. The van der Waals surface area contributed by atoms with Crippen LogP contribution in [0.4, 0.5) is 0 Å². The second kappa shape index (κ2) is 6.84. The van der Waals surface area contributed by atoms with Crippen LogP contribution in [-0.2, 0) is 5.75 Å². The van der Waals surface area contributed by atoms with Gasteiger partial charge in [0.05, 0.1) is 11.6 Å². The molecular formula is C16H19N5S. The van der Waals surface area contributed by atoms with E-state index in [9.17, 15) is 0 Å². The molecule has 0 aliphatic heterocycles. The number of nitriles is 1. The molecule has 0 radical (unpaired) electrons. The van der Waals surface area contributed by atoms with Crippen LogP contribution in [0.2, 0.25) is 0 Å². The molecule has 1 aromatic heterocycles. The lowest BCUT2D eigenvalue weighted by atomic mass is 9.89. The molecule has 0 bridgehead atoms. The van der Waals surface area contributed by atoms with E-state index in [2.05, 4.69) is 16.3 Å². The van der Waals surface area contributed by atoms with Gasteiger partial charge < -0.3 is 5.84 Å². The normalized spacial score (nSPS) is 15.6. The van der Waals surface area contributed by atoms with Crippen molar-refractivity contribution in [1.29, 1.82) is 5.26 Å². The maximum absolute atomic E-state index is 8.81. The average molecular weight is 313 g/mol. The van der Waals surface area contributed by atoms with Crippen LogP contribution in [-0.4, -0.2) is 14.9 Å². The average Bonchev–Trinajstić information content (AvgIpc) is 2.95. The van der Waals surface area contributed by atoms with Crippen molar-refractivity contribution in [3.05, 3.63) is 41.2 Å². The molecule has 0 saturated heterocycles. The van der Waals surface area contributed by atoms with E-state index in [-0.39, 0.29) is 0 Å². The zero-order valence-electron chi connectivity index (χ0n) is 12.4. The molecule has 1 saturated carbocycles. The van der Waals surface area contributed by atoms with Crippen LogP contribution < -0.4 is 5.84 Å². The molecule has 1 fully saturated rings. The summed E-state index contributed by atoms with van der Waals surface area (Å²) in [6.07, 6.45) is 6.15. The Labute approximate surface area is 134 Å². The number of rotatable bonds is 4. The molecule has 22 heavy (non-hydrogen) atoms. The standard InChI is InChI=1S/C16H19N5S/c17-10-12-6-8-13(9-7-12)11-22-16-20-19-15(21(16)18)14-4-2-1-3-5-14/h6-9,14H,1-5,11,18H2. The summed E-state index contributed by atoms with van der Waals surface area (Å²) in [5.74, 6) is 8.31. The van der Waals surface area contributed by atoms with Gasteiger partial charge in [0.15, 0.2) is 5.82 Å². The van der Waals surface area contributed by atoms with Gasteiger partial charge in [-0.2, -0.15) is 5.26 Å². The third kappa shape index (κ3) is 3.25. The molecular weight excluding hydrogens is 294 g/mol. The highest BCUT2D eigenvalue weighted by molar-refractivity contribution is 7.98. The van der Waals surface area contributed by atoms with Crippen molar-refractivity contribution in [2.45, 2.75) is 48.9 Å². The van der Waals surface area contributed by atoms with Crippen LogP contribution in [0, 0.1) is 11.3 Å². The van der Waals surface area contributed by atoms with Gasteiger partial charge >= 0.3 is 0 Å². The Hall–Kier alpha value is -2.00. The van der Waals surface area contributed by atoms with Crippen LogP contribution in [0.25, 0.3) is 0 Å². The number of aromatic nitrogens is 3. The monoisotopic (exact) mass is 313 g/mol. The predicted molar refractivity (Wildman–Crippen MR) is 86.7 cm³/mol. The minimum Gasteiger partial charge on any atom is -0.336 e. The molecule has 0 atom stereocenters. The summed E-state index contributed by atoms with van der Waals surface area (Å²) in [6.45, 7) is 0. The molecule has 2 aromatic rings. The summed E-state index contributed by atoms with van der Waals surface area (Å²) in [6, 6.07) is 9.71. The van der Waals surface area contributed by atoms with Gasteiger partial charge in [-0.25, -0.2) is 4.68 Å². The maximum atomic E-state index is 8.81. The van der Waals surface area contributed by atoms with E-state index in [1.54, 1.807) is 16.4 Å². The Morgan fingerprint density at radius 3 is 2.59 bits per heavy atom. The van der Waals surface area contributed by atoms with E-state index in [1.165, 1.54) is 19.3 Å². The second-order valence-corrected chi connectivity index (χ2v) is 6.59. The van der Waals surface area contributed by atoms with Crippen molar-refractivity contribution in [2.75, 3.05) is 5.84 Å². The van der Waals surface area contributed by atoms with E-state index in [4.69, 9.17) is 11.1 Å². The van der Waals surface area contributed by atoms with Gasteiger partial charge in [0.1, 0.15) is 0 Å². The number of hydrogen-bond donors (Lipinski definition) is 1. The Kier molecular flexibility index (Phi) is 4.64. The third-order valence-electron chi connectivity index (χ3n) is 4.11. The molecule has 114 valence electrons. The fraction of sp³-hybridized carbons (Fsp3) is 0.438. The molecule has 0 amide bonds. The topological polar surface area (TPSA) is 80.5 Å². The lowest BCUT2D eigenvalue weighted by molar-refractivity contribution is 0.421. The van der Waals surface area contributed by atoms with Crippen LogP contribution in [0.5, 0.6) is 0 Å². The van der Waals surface area contributed by atoms with Crippen LogP contribution in [0.3, 0.4) is 0 Å². The number of thioether (sulfide) groups is 1. The minimum absolute atomic E-state index is 0.454. The number of nitrogens with zero attached hydrogens (tertiary/aromatic N) is 4. The SMILES string of the molecule is N#Cc1ccc(CSc2nnc(C3CCCCC3)n2N)cc1. The highest BCUT2D eigenvalue weighted by Crippen LogP contribution is 2.32.